The minimum atomic E-state index is -2.66. The van der Waals surface area contributed by atoms with Gasteiger partial charge in [0.2, 0.25) is 11.9 Å². The number of piperidine rings is 1. The Hall–Kier alpha value is -7.61. The summed E-state index contributed by atoms with van der Waals surface area (Å²) in [4.78, 5) is 70.1. The summed E-state index contributed by atoms with van der Waals surface area (Å²) in [6.45, 7) is 4.35. The highest BCUT2D eigenvalue weighted by Crippen LogP contribution is 2.44. The molecule has 348 valence electrons. The molecular weight excluding hydrogens is 867 g/mol. The predicted octanol–water partition coefficient (Wildman–Crippen LogP) is 8.28. The monoisotopic (exact) mass is 917 g/mol. The van der Waals surface area contributed by atoms with Crippen molar-refractivity contribution in [2.75, 3.05) is 18.0 Å². The Bertz CT molecular complexity index is 2670. The highest BCUT2D eigenvalue weighted by atomic mass is 16.7. The van der Waals surface area contributed by atoms with Gasteiger partial charge in [0.05, 0.1) is 22.3 Å². The summed E-state index contributed by atoms with van der Waals surface area (Å²) in [6, 6.07) is 47.2. The number of carbonyl (C=O) groups is 5. The van der Waals surface area contributed by atoms with Gasteiger partial charge >= 0.3 is 29.8 Å². The van der Waals surface area contributed by atoms with Crippen molar-refractivity contribution in [3.63, 3.8) is 0 Å². The Kier molecular flexibility index (Phi) is 14.7. The molecule has 13 heteroatoms. The quantitative estimate of drug-likeness (QED) is 0.0821. The zero-order chi connectivity index (χ0) is 47.6. The van der Waals surface area contributed by atoms with Gasteiger partial charge in [-0.3, -0.25) is 4.79 Å². The van der Waals surface area contributed by atoms with Crippen LogP contribution in [0.15, 0.2) is 170 Å². The predicted molar refractivity (Wildman–Crippen MR) is 250 cm³/mol. The van der Waals surface area contributed by atoms with Crippen LogP contribution < -0.4 is 4.90 Å². The molecule has 2 aliphatic rings. The third-order valence-corrected chi connectivity index (χ3v) is 12.0. The van der Waals surface area contributed by atoms with E-state index in [1.54, 1.807) is 109 Å². The lowest BCUT2D eigenvalue weighted by atomic mass is 9.83. The summed E-state index contributed by atoms with van der Waals surface area (Å²) in [7, 11) is 0. The Morgan fingerprint density at radius 3 is 1.56 bits per heavy atom. The Morgan fingerprint density at radius 2 is 1.04 bits per heavy atom. The third kappa shape index (κ3) is 11.0. The fourth-order valence-electron chi connectivity index (χ4n) is 8.62. The molecular formula is C55H51NO12. The van der Waals surface area contributed by atoms with Gasteiger partial charge in [-0.15, -0.1) is 0 Å². The molecule has 0 radical (unpaired) electrons. The molecule has 2 saturated heterocycles. The van der Waals surface area contributed by atoms with Gasteiger partial charge in [-0.25, -0.2) is 19.2 Å². The standard InChI is InChI=1S/C55H51NO12/c1-36(63-51(58)39-17-7-3-8-18-39)47-48(65-52(59)40-19-9-4-10-20-40)49(66-53(60)41-21-11-5-12-22-41)50(67-54(61)42-23-13-6-14-24-42)55(62,68-47)46-26-16-15-25-43(46)35-38-27-29-44(30-28-38)56-33-31-45(32-34-56)64-37(2)57/h3-30,36,45,47-50,62H,31-35H2,1-2H3/t36-,47+,48+,49-,50+,55+/m0/s1. The fraction of sp³-hybridized carbons (Fsp3) is 0.255. The molecule has 0 unspecified atom stereocenters. The second kappa shape index (κ2) is 21.3. The van der Waals surface area contributed by atoms with E-state index in [0.29, 0.717) is 31.5 Å². The molecule has 0 bridgehead atoms. The molecule has 8 rings (SSSR count). The first kappa shape index (κ1) is 46.9. The summed E-state index contributed by atoms with van der Waals surface area (Å²) in [5.74, 6) is -6.35. The van der Waals surface area contributed by atoms with Crippen molar-refractivity contribution in [1.29, 1.82) is 0 Å². The average Bonchev–Trinajstić information content (AvgIpc) is 3.37. The lowest BCUT2D eigenvalue weighted by Crippen LogP contribution is -2.68. The Morgan fingerprint density at radius 1 is 0.588 bits per heavy atom. The van der Waals surface area contributed by atoms with Gasteiger partial charge < -0.3 is 38.4 Å². The number of esters is 5. The number of rotatable bonds is 14. The van der Waals surface area contributed by atoms with E-state index < -0.39 is 60.2 Å². The second-order valence-electron chi connectivity index (χ2n) is 16.7. The lowest BCUT2D eigenvalue weighted by molar-refractivity contribution is -0.360. The lowest BCUT2D eigenvalue weighted by Gasteiger charge is -2.50. The van der Waals surface area contributed by atoms with E-state index in [1.165, 1.54) is 50.2 Å². The third-order valence-electron chi connectivity index (χ3n) is 12.0. The van der Waals surface area contributed by atoms with Crippen LogP contribution in [0, 0.1) is 0 Å². The van der Waals surface area contributed by atoms with Crippen LogP contribution in [-0.4, -0.2) is 84.7 Å². The van der Waals surface area contributed by atoms with E-state index in [9.17, 15) is 29.1 Å². The van der Waals surface area contributed by atoms with E-state index in [2.05, 4.69) is 4.90 Å². The van der Waals surface area contributed by atoms with Crippen LogP contribution >= 0.6 is 0 Å². The molecule has 0 aliphatic carbocycles. The summed E-state index contributed by atoms with van der Waals surface area (Å²) >= 11 is 0. The van der Waals surface area contributed by atoms with E-state index >= 15 is 0 Å². The minimum absolute atomic E-state index is 0.108. The van der Waals surface area contributed by atoms with E-state index in [0.717, 1.165) is 11.3 Å². The normalized spacial score (nSPS) is 20.8. The van der Waals surface area contributed by atoms with Crippen LogP contribution in [0.2, 0.25) is 0 Å². The molecule has 0 saturated carbocycles. The Balaban J connectivity index is 1.22. The number of hydrogen-bond acceptors (Lipinski definition) is 13. The maximum Gasteiger partial charge on any atom is 0.338 e. The summed E-state index contributed by atoms with van der Waals surface area (Å²) in [6.07, 6.45) is -6.67. The smallest absolute Gasteiger partial charge is 0.338 e. The maximum absolute atomic E-state index is 14.3. The van der Waals surface area contributed by atoms with Crippen molar-refractivity contribution in [1.82, 2.24) is 0 Å². The number of carbonyl (C=O) groups excluding carboxylic acids is 5. The summed E-state index contributed by atoms with van der Waals surface area (Å²) in [5, 5.41) is 13.5. The van der Waals surface area contributed by atoms with Crippen LogP contribution in [0.5, 0.6) is 0 Å². The van der Waals surface area contributed by atoms with Crippen molar-refractivity contribution in [3.8, 4) is 0 Å². The molecule has 2 fully saturated rings. The number of aliphatic hydroxyl groups is 1. The van der Waals surface area contributed by atoms with Gasteiger partial charge in [-0.05, 0) is 85.1 Å². The molecule has 6 aromatic rings. The van der Waals surface area contributed by atoms with Gasteiger partial charge in [0.15, 0.2) is 12.2 Å². The summed E-state index contributed by atoms with van der Waals surface area (Å²) in [5.41, 5.74) is 3.11. The number of benzene rings is 6. The highest BCUT2D eigenvalue weighted by Gasteiger charge is 2.62. The van der Waals surface area contributed by atoms with E-state index in [1.807, 2.05) is 24.3 Å². The van der Waals surface area contributed by atoms with Gasteiger partial charge in [0.1, 0.15) is 18.3 Å². The van der Waals surface area contributed by atoms with E-state index in [4.69, 9.17) is 28.4 Å². The fourth-order valence-corrected chi connectivity index (χ4v) is 8.62. The molecule has 1 N–H and O–H groups in total. The van der Waals surface area contributed by atoms with Crippen molar-refractivity contribution in [3.05, 3.63) is 209 Å². The van der Waals surface area contributed by atoms with Crippen LogP contribution in [-0.2, 0) is 45.4 Å². The van der Waals surface area contributed by atoms with Crippen molar-refractivity contribution in [2.45, 2.75) is 75.5 Å². The molecule has 6 atom stereocenters. The minimum Gasteiger partial charge on any atom is -0.462 e. The molecule has 6 aromatic carbocycles. The van der Waals surface area contributed by atoms with Crippen LogP contribution in [0.25, 0.3) is 0 Å². The van der Waals surface area contributed by atoms with Gasteiger partial charge in [0, 0.05) is 44.1 Å². The number of ether oxygens (including phenoxy) is 6. The zero-order valence-electron chi connectivity index (χ0n) is 37.6. The van der Waals surface area contributed by atoms with E-state index in [-0.39, 0.29) is 46.3 Å². The molecule has 0 spiro atoms. The summed E-state index contributed by atoms with van der Waals surface area (Å²) < 4.78 is 37.1. The van der Waals surface area contributed by atoms with Crippen molar-refractivity contribution in [2.24, 2.45) is 0 Å². The van der Waals surface area contributed by atoms with Crippen LogP contribution in [0.1, 0.15) is 84.8 Å². The SMILES string of the molecule is CC(=O)OC1CCN(c2ccc(Cc3ccccc3[C@@]3(O)O[C@H]([C@H](C)OC(=O)c4ccccc4)[C@@H](OC(=O)c4ccccc4)[C@H](OC(=O)c4ccccc4)[C@H]3OC(=O)c3ccccc3)cc2)CC1. The number of nitrogens with zero attached hydrogens (tertiary/aromatic N) is 1. The average molecular weight is 918 g/mol. The number of anilines is 1. The van der Waals surface area contributed by atoms with Gasteiger partial charge in [-0.1, -0.05) is 109 Å². The van der Waals surface area contributed by atoms with Crippen LogP contribution in [0.4, 0.5) is 5.69 Å². The van der Waals surface area contributed by atoms with Crippen molar-refractivity contribution >= 4 is 35.5 Å². The molecule has 2 heterocycles. The first-order valence-corrected chi connectivity index (χ1v) is 22.5. The van der Waals surface area contributed by atoms with Gasteiger partial charge in [0.25, 0.3) is 0 Å². The molecule has 0 amide bonds. The molecule has 68 heavy (non-hydrogen) atoms. The molecule has 0 aromatic heterocycles. The molecule has 13 nitrogen and oxygen atoms in total. The second-order valence-corrected chi connectivity index (χ2v) is 16.7. The van der Waals surface area contributed by atoms with Crippen LogP contribution in [0.3, 0.4) is 0 Å². The first-order valence-electron chi connectivity index (χ1n) is 22.5. The topological polar surface area (TPSA) is 164 Å². The molecule has 2 aliphatic heterocycles. The van der Waals surface area contributed by atoms with Crippen molar-refractivity contribution < 1.29 is 57.5 Å². The highest BCUT2D eigenvalue weighted by molar-refractivity contribution is 5.92. The maximum atomic E-state index is 14.3. The Labute approximate surface area is 394 Å². The largest absolute Gasteiger partial charge is 0.462 e. The van der Waals surface area contributed by atoms with Gasteiger partial charge in [-0.2, -0.15) is 0 Å². The zero-order valence-corrected chi connectivity index (χ0v) is 37.6. The number of hydrogen-bond donors (Lipinski definition) is 1. The first-order chi connectivity index (χ1) is 33.0.